The van der Waals surface area contributed by atoms with Gasteiger partial charge in [0.15, 0.2) is 5.78 Å². The molecule has 0 aliphatic rings. The van der Waals surface area contributed by atoms with Crippen molar-refractivity contribution >= 4 is 33.3 Å². The minimum Gasteiger partial charge on any atom is -0.295 e. The molecule has 0 saturated carbocycles. The van der Waals surface area contributed by atoms with Gasteiger partial charge in [0, 0.05) is 15.6 Å². The maximum Gasteiger partial charge on any atom is 0.152 e. The van der Waals surface area contributed by atoms with E-state index in [-0.39, 0.29) is 5.78 Å². The van der Waals surface area contributed by atoms with Crippen LogP contribution in [0.3, 0.4) is 0 Å². The van der Waals surface area contributed by atoms with E-state index in [2.05, 4.69) is 41.8 Å². The quantitative estimate of drug-likeness (QED) is 0.604. The average Bonchev–Trinajstić information content (AvgIpc) is 2.89. The Balaban J connectivity index is 1.97. The summed E-state index contributed by atoms with van der Waals surface area (Å²) >= 11 is 1.77. The van der Waals surface area contributed by atoms with Crippen LogP contribution in [0.2, 0.25) is 0 Å². The van der Waals surface area contributed by atoms with E-state index in [4.69, 9.17) is 0 Å². The van der Waals surface area contributed by atoms with E-state index >= 15 is 0 Å². The van der Waals surface area contributed by atoms with Crippen molar-refractivity contribution in [3.05, 3.63) is 65.6 Å². The number of carbonyl (C=O) groups is 1. The lowest BCUT2D eigenvalue weighted by molar-refractivity contribution is -0.112. The Kier molecular flexibility index (Phi) is 3.48. The molecular formula is C18H14OS. The van der Waals surface area contributed by atoms with Crippen molar-refractivity contribution in [2.75, 3.05) is 0 Å². The van der Waals surface area contributed by atoms with Gasteiger partial charge in [-0.1, -0.05) is 48.5 Å². The van der Waals surface area contributed by atoms with Crippen LogP contribution in [-0.2, 0) is 4.79 Å². The van der Waals surface area contributed by atoms with Crippen LogP contribution in [0.4, 0.5) is 0 Å². The molecule has 0 aliphatic heterocycles. The molecule has 0 spiro atoms. The first-order valence-electron chi connectivity index (χ1n) is 6.49. The summed E-state index contributed by atoms with van der Waals surface area (Å²) in [5.41, 5.74) is 3.53. The van der Waals surface area contributed by atoms with Crippen molar-refractivity contribution in [1.82, 2.24) is 0 Å². The number of rotatable bonds is 3. The second kappa shape index (κ2) is 5.43. The van der Waals surface area contributed by atoms with E-state index < -0.39 is 0 Å². The summed E-state index contributed by atoms with van der Waals surface area (Å²) in [5.74, 6) is 0.0675. The van der Waals surface area contributed by atoms with E-state index in [9.17, 15) is 4.79 Å². The molecular weight excluding hydrogens is 264 g/mol. The van der Waals surface area contributed by atoms with Crippen molar-refractivity contribution in [3.63, 3.8) is 0 Å². The van der Waals surface area contributed by atoms with Crippen LogP contribution in [0.5, 0.6) is 0 Å². The lowest BCUT2D eigenvalue weighted by Crippen LogP contribution is -1.81. The van der Waals surface area contributed by atoms with Crippen LogP contribution >= 0.6 is 11.3 Å². The van der Waals surface area contributed by atoms with Crippen LogP contribution in [0.15, 0.2) is 60.0 Å². The molecule has 0 bridgehead atoms. The highest BCUT2D eigenvalue weighted by atomic mass is 32.1. The molecule has 20 heavy (non-hydrogen) atoms. The molecule has 1 heterocycles. The summed E-state index contributed by atoms with van der Waals surface area (Å²) in [6.45, 7) is 1.56. The molecule has 0 saturated heterocycles. The van der Waals surface area contributed by atoms with Gasteiger partial charge in [0.2, 0.25) is 0 Å². The van der Waals surface area contributed by atoms with Crippen molar-refractivity contribution in [2.45, 2.75) is 6.92 Å². The number of ketones is 1. The number of hydrogen-bond donors (Lipinski definition) is 0. The minimum atomic E-state index is 0.0675. The highest BCUT2D eigenvalue weighted by molar-refractivity contribution is 7.17. The zero-order chi connectivity index (χ0) is 13.9. The second-order valence-electron chi connectivity index (χ2n) is 4.71. The summed E-state index contributed by atoms with van der Waals surface area (Å²) in [4.78, 5) is 10.9. The monoisotopic (exact) mass is 278 g/mol. The lowest BCUT2D eigenvalue weighted by Gasteiger charge is -2.01. The molecule has 0 aliphatic carbocycles. The van der Waals surface area contributed by atoms with Crippen LogP contribution in [0.25, 0.3) is 27.3 Å². The predicted octanol–water partition coefficient (Wildman–Crippen LogP) is 5.17. The zero-order valence-corrected chi connectivity index (χ0v) is 12.0. The van der Waals surface area contributed by atoms with Crippen molar-refractivity contribution in [3.8, 4) is 11.1 Å². The normalized spacial score (nSPS) is 11.2. The third-order valence-corrected chi connectivity index (χ3v) is 4.18. The molecule has 1 aromatic heterocycles. The molecule has 0 amide bonds. The molecule has 98 valence electrons. The zero-order valence-electron chi connectivity index (χ0n) is 11.2. The molecule has 2 heteroatoms. The Labute approximate surface area is 122 Å². The van der Waals surface area contributed by atoms with Gasteiger partial charge in [-0.2, -0.15) is 0 Å². The Hall–Kier alpha value is -2.19. The van der Waals surface area contributed by atoms with Gasteiger partial charge in [-0.05, 0) is 35.6 Å². The van der Waals surface area contributed by atoms with Crippen molar-refractivity contribution < 1.29 is 4.79 Å². The van der Waals surface area contributed by atoms with Gasteiger partial charge >= 0.3 is 0 Å². The first-order valence-corrected chi connectivity index (χ1v) is 7.37. The van der Waals surface area contributed by atoms with Gasteiger partial charge in [-0.3, -0.25) is 4.79 Å². The van der Waals surface area contributed by atoms with Crippen LogP contribution < -0.4 is 0 Å². The van der Waals surface area contributed by atoms with Gasteiger partial charge in [-0.15, -0.1) is 11.3 Å². The summed E-state index contributed by atoms with van der Waals surface area (Å²) in [6.07, 6.45) is 3.44. The van der Waals surface area contributed by atoms with E-state index in [1.807, 2.05) is 18.2 Å². The number of hydrogen-bond acceptors (Lipinski definition) is 2. The van der Waals surface area contributed by atoms with E-state index in [0.717, 1.165) is 5.56 Å². The van der Waals surface area contributed by atoms with E-state index in [1.54, 1.807) is 24.3 Å². The number of benzene rings is 2. The molecule has 0 radical (unpaired) electrons. The van der Waals surface area contributed by atoms with E-state index in [0.29, 0.717) is 0 Å². The number of thiophene rings is 1. The van der Waals surface area contributed by atoms with Gasteiger partial charge in [0.1, 0.15) is 0 Å². The SMILES string of the molecule is CC(=O)C=Cc1ccc(-c2csc3ccccc23)cc1. The molecule has 0 N–H and O–H groups in total. The lowest BCUT2D eigenvalue weighted by atomic mass is 10.0. The smallest absolute Gasteiger partial charge is 0.152 e. The van der Waals surface area contributed by atoms with Crippen molar-refractivity contribution in [1.29, 1.82) is 0 Å². The molecule has 2 aromatic carbocycles. The summed E-state index contributed by atoms with van der Waals surface area (Å²) in [6, 6.07) is 16.7. The minimum absolute atomic E-state index is 0.0675. The molecule has 0 atom stereocenters. The standard InChI is InChI=1S/C18H14OS/c1-13(19)6-7-14-8-10-15(11-9-14)17-12-20-18-5-3-2-4-16(17)18/h2-12H,1H3. The third kappa shape index (κ3) is 2.56. The molecule has 3 aromatic rings. The van der Waals surface area contributed by atoms with Crippen LogP contribution in [-0.4, -0.2) is 5.78 Å². The van der Waals surface area contributed by atoms with Gasteiger partial charge < -0.3 is 0 Å². The maximum atomic E-state index is 10.9. The summed E-state index contributed by atoms with van der Waals surface area (Å²) in [7, 11) is 0. The number of carbonyl (C=O) groups excluding carboxylic acids is 1. The largest absolute Gasteiger partial charge is 0.295 e. The fourth-order valence-corrected chi connectivity index (χ4v) is 3.16. The molecule has 0 fully saturated rings. The summed E-state index contributed by atoms with van der Waals surface area (Å²) in [5, 5.41) is 3.50. The second-order valence-corrected chi connectivity index (χ2v) is 5.62. The van der Waals surface area contributed by atoms with Gasteiger partial charge in [0.05, 0.1) is 0 Å². The fraction of sp³-hybridized carbons (Fsp3) is 0.0556. The first-order chi connectivity index (χ1) is 9.74. The van der Waals surface area contributed by atoms with E-state index in [1.165, 1.54) is 21.2 Å². The topological polar surface area (TPSA) is 17.1 Å². The number of allylic oxidation sites excluding steroid dienone is 1. The Morgan fingerprint density at radius 1 is 1.05 bits per heavy atom. The van der Waals surface area contributed by atoms with Gasteiger partial charge in [0.25, 0.3) is 0 Å². The first kappa shape index (κ1) is 12.8. The predicted molar refractivity (Wildman–Crippen MR) is 87.0 cm³/mol. The number of fused-ring (bicyclic) bond motifs is 1. The van der Waals surface area contributed by atoms with Crippen LogP contribution in [0.1, 0.15) is 12.5 Å². The van der Waals surface area contributed by atoms with Gasteiger partial charge in [-0.25, -0.2) is 0 Å². The third-order valence-electron chi connectivity index (χ3n) is 3.21. The van der Waals surface area contributed by atoms with Crippen LogP contribution in [0, 0.1) is 0 Å². The fourth-order valence-electron chi connectivity index (χ4n) is 2.19. The Morgan fingerprint density at radius 3 is 2.55 bits per heavy atom. The highest BCUT2D eigenvalue weighted by Gasteiger charge is 2.05. The highest BCUT2D eigenvalue weighted by Crippen LogP contribution is 2.33. The Bertz CT molecular complexity index is 779. The summed E-state index contributed by atoms with van der Waals surface area (Å²) < 4.78 is 1.31. The molecule has 1 nitrogen and oxygen atoms in total. The molecule has 3 rings (SSSR count). The molecule has 0 unspecified atom stereocenters. The maximum absolute atomic E-state index is 10.9. The Morgan fingerprint density at radius 2 is 1.80 bits per heavy atom. The average molecular weight is 278 g/mol. The van der Waals surface area contributed by atoms with Crippen molar-refractivity contribution in [2.24, 2.45) is 0 Å².